The van der Waals surface area contributed by atoms with Gasteiger partial charge in [0, 0.05) is 22.9 Å². The molecule has 6 nitrogen and oxygen atoms in total. The van der Waals surface area contributed by atoms with E-state index in [1.165, 1.54) is 12.8 Å². The Morgan fingerprint density at radius 1 is 1.00 bits per heavy atom. The molecule has 0 saturated heterocycles. The summed E-state index contributed by atoms with van der Waals surface area (Å²) >= 11 is 0. The topological polar surface area (TPSA) is 84.2 Å². The lowest BCUT2D eigenvalue weighted by atomic mass is 10.1. The predicted molar refractivity (Wildman–Crippen MR) is 138 cm³/mol. The zero-order chi connectivity index (χ0) is 24.4. The minimum absolute atomic E-state index is 0.143. The van der Waals surface area contributed by atoms with Gasteiger partial charge in [0.05, 0.1) is 16.6 Å². The van der Waals surface area contributed by atoms with Crippen LogP contribution in [0.3, 0.4) is 0 Å². The maximum absolute atomic E-state index is 12.9. The van der Waals surface area contributed by atoms with Gasteiger partial charge in [-0.25, -0.2) is 9.78 Å². The van der Waals surface area contributed by atoms with E-state index in [9.17, 15) is 14.7 Å². The number of hydrogen-bond acceptors (Lipinski definition) is 3. The number of para-hydroxylation sites is 1. The molecule has 1 aromatic heterocycles. The zero-order valence-corrected chi connectivity index (χ0v) is 19.8. The standard InChI is InChI=1S/C29H29N3O3/c1-2-7-19-8-3-6-11-24(19)31-28(33)21-14-12-20(13-15-21)27-30-25-18-22(29(34)35)16-17-26(25)32(27)23-9-4-5-10-23/h3,6,8,11-18,23H,2,4-5,7,9-10H2,1H3,(H,31,33)(H,34,35). The number of fused-ring (bicyclic) bond motifs is 1. The molecule has 4 aromatic rings. The van der Waals surface area contributed by atoms with Gasteiger partial charge in [0.1, 0.15) is 5.82 Å². The predicted octanol–water partition coefficient (Wildman–Crippen LogP) is 6.72. The minimum Gasteiger partial charge on any atom is -0.478 e. The lowest BCUT2D eigenvalue weighted by molar-refractivity contribution is 0.0696. The first-order valence-electron chi connectivity index (χ1n) is 12.3. The van der Waals surface area contributed by atoms with Crippen molar-refractivity contribution in [3.05, 3.63) is 83.4 Å². The molecule has 1 amide bonds. The van der Waals surface area contributed by atoms with Crippen LogP contribution in [0.25, 0.3) is 22.4 Å². The number of nitrogens with one attached hydrogen (secondary N) is 1. The number of carboxylic acids is 1. The number of nitrogens with zero attached hydrogens (tertiary/aromatic N) is 2. The number of amides is 1. The largest absolute Gasteiger partial charge is 0.478 e. The Labute approximate surface area is 204 Å². The Balaban J connectivity index is 1.47. The number of benzene rings is 3. The third-order valence-corrected chi connectivity index (χ3v) is 6.82. The summed E-state index contributed by atoms with van der Waals surface area (Å²) in [6.07, 6.45) is 6.44. The number of aromatic carboxylic acids is 1. The number of carbonyl (C=O) groups excluding carboxylic acids is 1. The third-order valence-electron chi connectivity index (χ3n) is 6.82. The summed E-state index contributed by atoms with van der Waals surface area (Å²) in [5.74, 6) is -0.287. The van der Waals surface area contributed by atoms with Crippen molar-refractivity contribution >= 4 is 28.6 Å². The van der Waals surface area contributed by atoms with E-state index in [1.807, 2.05) is 54.6 Å². The molecule has 178 valence electrons. The van der Waals surface area contributed by atoms with Crippen LogP contribution in [-0.4, -0.2) is 26.5 Å². The number of carboxylic acid groups (broad SMARTS) is 1. The zero-order valence-electron chi connectivity index (χ0n) is 19.8. The first-order chi connectivity index (χ1) is 17.0. The van der Waals surface area contributed by atoms with Gasteiger partial charge in [-0.3, -0.25) is 4.79 Å². The molecule has 3 aromatic carbocycles. The molecule has 0 radical (unpaired) electrons. The fourth-order valence-corrected chi connectivity index (χ4v) is 5.06. The molecule has 0 atom stereocenters. The highest BCUT2D eigenvalue weighted by Crippen LogP contribution is 2.37. The second kappa shape index (κ2) is 9.74. The van der Waals surface area contributed by atoms with Crippen molar-refractivity contribution in [1.82, 2.24) is 9.55 Å². The minimum atomic E-state index is -0.959. The maximum atomic E-state index is 12.9. The van der Waals surface area contributed by atoms with Crippen LogP contribution >= 0.6 is 0 Å². The molecule has 0 spiro atoms. The van der Waals surface area contributed by atoms with E-state index in [2.05, 4.69) is 16.8 Å². The van der Waals surface area contributed by atoms with Gasteiger partial charge in [0.25, 0.3) is 5.91 Å². The monoisotopic (exact) mass is 467 g/mol. The van der Waals surface area contributed by atoms with Crippen LogP contribution in [-0.2, 0) is 6.42 Å². The van der Waals surface area contributed by atoms with Crippen molar-refractivity contribution in [1.29, 1.82) is 0 Å². The summed E-state index contributed by atoms with van der Waals surface area (Å²) in [7, 11) is 0. The second-order valence-electron chi connectivity index (χ2n) is 9.19. The number of aryl methyl sites for hydroxylation is 1. The summed E-state index contributed by atoms with van der Waals surface area (Å²) in [6, 6.07) is 20.9. The molecule has 35 heavy (non-hydrogen) atoms. The molecule has 5 rings (SSSR count). The number of imidazole rings is 1. The number of carbonyl (C=O) groups is 2. The van der Waals surface area contributed by atoms with Crippen LogP contribution in [0.15, 0.2) is 66.7 Å². The Morgan fingerprint density at radius 2 is 1.71 bits per heavy atom. The molecule has 6 heteroatoms. The van der Waals surface area contributed by atoms with E-state index in [1.54, 1.807) is 12.1 Å². The average molecular weight is 468 g/mol. The summed E-state index contributed by atoms with van der Waals surface area (Å²) < 4.78 is 2.25. The smallest absolute Gasteiger partial charge is 0.335 e. The van der Waals surface area contributed by atoms with Gasteiger partial charge in [-0.15, -0.1) is 0 Å². The highest BCUT2D eigenvalue weighted by molar-refractivity contribution is 6.05. The van der Waals surface area contributed by atoms with Gasteiger partial charge in [-0.05, 0) is 61.2 Å². The SMILES string of the molecule is CCCc1ccccc1NC(=O)c1ccc(-c2nc3cc(C(=O)O)ccc3n2C2CCCC2)cc1. The Hall–Kier alpha value is -3.93. The van der Waals surface area contributed by atoms with Crippen LogP contribution < -0.4 is 5.32 Å². The Morgan fingerprint density at radius 3 is 2.43 bits per heavy atom. The van der Waals surface area contributed by atoms with Gasteiger partial charge in [0.15, 0.2) is 0 Å². The van der Waals surface area contributed by atoms with E-state index in [0.717, 1.165) is 53.8 Å². The molecule has 2 N–H and O–H groups in total. The van der Waals surface area contributed by atoms with Crippen molar-refractivity contribution in [2.24, 2.45) is 0 Å². The van der Waals surface area contributed by atoms with Crippen LogP contribution in [0.2, 0.25) is 0 Å². The number of anilines is 1. The number of aromatic nitrogens is 2. The van der Waals surface area contributed by atoms with Crippen LogP contribution in [0.4, 0.5) is 5.69 Å². The molecule has 0 bridgehead atoms. The summed E-state index contributed by atoms with van der Waals surface area (Å²) in [5, 5.41) is 12.5. The van der Waals surface area contributed by atoms with E-state index in [0.29, 0.717) is 17.1 Å². The summed E-state index contributed by atoms with van der Waals surface area (Å²) in [6.45, 7) is 2.12. The molecular weight excluding hydrogens is 438 g/mol. The first-order valence-corrected chi connectivity index (χ1v) is 12.3. The highest BCUT2D eigenvalue weighted by atomic mass is 16.4. The maximum Gasteiger partial charge on any atom is 0.335 e. The van der Waals surface area contributed by atoms with Crippen molar-refractivity contribution in [2.75, 3.05) is 5.32 Å². The molecule has 1 fully saturated rings. The molecule has 1 heterocycles. The van der Waals surface area contributed by atoms with E-state index >= 15 is 0 Å². The van der Waals surface area contributed by atoms with E-state index in [-0.39, 0.29) is 11.5 Å². The molecule has 0 aliphatic heterocycles. The van der Waals surface area contributed by atoms with Gasteiger partial charge >= 0.3 is 5.97 Å². The lowest BCUT2D eigenvalue weighted by Gasteiger charge is -2.17. The second-order valence-corrected chi connectivity index (χ2v) is 9.19. The van der Waals surface area contributed by atoms with Crippen LogP contribution in [0.1, 0.15) is 71.3 Å². The molecule has 1 aliphatic carbocycles. The van der Waals surface area contributed by atoms with Gasteiger partial charge in [0.2, 0.25) is 0 Å². The van der Waals surface area contributed by atoms with Crippen LogP contribution in [0.5, 0.6) is 0 Å². The molecule has 1 saturated carbocycles. The summed E-state index contributed by atoms with van der Waals surface area (Å²) in [5.41, 5.74) is 5.33. The molecule has 0 unspecified atom stereocenters. The fraction of sp³-hybridized carbons (Fsp3) is 0.276. The lowest BCUT2D eigenvalue weighted by Crippen LogP contribution is -2.13. The number of rotatable bonds is 7. The van der Waals surface area contributed by atoms with Crippen molar-refractivity contribution in [3.8, 4) is 11.4 Å². The quantitative estimate of drug-likeness (QED) is 0.316. The third kappa shape index (κ3) is 4.56. The van der Waals surface area contributed by atoms with Crippen LogP contribution in [0, 0.1) is 0 Å². The average Bonchev–Trinajstić information content (AvgIpc) is 3.52. The van der Waals surface area contributed by atoms with Crippen molar-refractivity contribution in [3.63, 3.8) is 0 Å². The number of hydrogen-bond donors (Lipinski definition) is 2. The van der Waals surface area contributed by atoms with E-state index < -0.39 is 5.97 Å². The van der Waals surface area contributed by atoms with Gasteiger partial charge in [-0.1, -0.05) is 56.5 Å². The fourth-order valence-electron chi connectivity index (χ4n) is 5.06. The van der Waals surface area contributed by atoms with Gasteiger partial charge in [-0.2, -0.15) is 0 Å². The Kier molecular flexibility index (Phi) is 6.36. The molecule has 1 aliphatic rings. The molecular formula is C29H29N3O3. The Bertz CT molecular complexity index is 1380. The van der Waals surface area contributed by atoms with Gasteiger partial charge < -0.3 is 15.0 Å². The first kappa shape index (κ1) is 22.8. The van der Waals surface area contributed by atoms with Crippen molar-refractivity contribution < 1.29 is 14.7 Å². The normalized spacial score (nSPS) is 13.9. The summed E-state index contributed by atoms with van der Waals surface area (Å²) in [4.78, 5) is 29.3. The van der Waals surface area contributed by atoms with E-state index in [4.69, 9.17) is 4.98 Å². The van der Waals surface area contributed by atoms with Crippen molar-refractivity contribution in [2.45, 2.75) is 51.5 Å². The highest BCUT2D eigenvalue weighted by Gasteiger charge is 2.24.